The largest absolute Gasteiger partial charge is 0.378 e. The van der Waals surface area contributed by atoms with Crippen LogP contribution in [-0.4, -0.2) is 25.7 Å². The van der Waals surface area contributed by atoms with Crippen LogP contribution in [0.2, 0.25) is 0 Å². The van der Waals surface area contributed by atoms with Gasteiger partial charge in [0.05, 0.1) is 0 Å². The average Bonchev–Trinajstić information content (AvgIpc) is 2.92. The molecule has 0 spiro atoms. The number of aryl methyl sites for hydroxylation is 1. The normalized spacial score (nSPS) is 10.6. The molecule has 0 saturated carbocycles. The highest BCUT2D eigenvalue weighted by molar-refractivity contribution is 6.07. The number of benzene rings is 4. The van der Waals surface area contributed by atoms with E-state index >= 15 is 0 Å². The standard InChI is InChI=1S/C17H17NO.C16H14O/c1-18(2)16-11-8-14(9-12-16)10-13-17(19)15-6-4-3-5-7-15;1-13-6-5-7-14(12-13)10-11-16(17)15-8-3-2-4-9-15/h3-13H,1-2H3;2-12H,1H3. The van der Waals surface area contributed by atoms with Crippen molar-refractivity contribution >= 4 is 29.4 Å². The van der Waals surface area contributed by atoms with E-state index in [9.17, 15) is 9.59 Å². The first-order chi connectivity index (χ1) is 17.4. The molecule has 4 aromatic carbocycles. The second-order valence-electron chi connectivity index (χ2n) is 8.53. The van der Waals surface area contributed by atoms with Gasteiger partial charge in [-0.15, -0.1) is 0 Å². The number of ketones is 2. The SMILES string of the molecule is CN(C)c1ccc(C=CC(=O)c2ccccc2)cc1.Cc1cccc(C=CC(=O)c2ccccc2)c1. The minimum atomic E-state index is 0.0253. The molecule has 36 heavy (non-hydrogen) atoms. The summed E-state index contributed by atoms with van der Waals surface area (Å²) < 4.78 is 0. The van der Waals surface area contributed by atoms with E-state index in [1.54, 1.807) is 12.2 Å². The van der Waals surface area contributed by atoms with Gasteiger partial charge in [0.25, 0.3) is 0 Å². The molecular weight excluding hydrogens is 442 g/mol. The van der Waals surface area contributed by atoms with Crippen molar-refractivity contribution in [2.24, 2.45) is 0 Å². The van der Waals surface area contributed by atoms with Crippen LogP contribution in [-0.2, 0) is 0 Å². The van der Waals surface area contributed by atoms with Gasteiger partial charge in [0.15, 0.2) is 11.6 Å². The van der Waals surface area contributed by atoms with E-state index in [2.05, 4.69) is 6.07 Å². The number of carbonyl (C=O) groups is 2. The summed E-state index contributed by atoms with van der Waals surface area (Å²) in [5, 5.41) is 0. The van der Waals surface area contributed by atoms with Crippen LogP contribution in [0.25, 0.3) is 12.2 Å². The molecule has 0 saturated heterocycles. The molecule has 0 bridgehead atoms. The molecule has 0 unspecified atom stereocenters. The van der Waals surface area contributed by atoms with Crippen LogP contribution in [0.4, 0.5) is 5.69 Å². The topological polar surface area (TPSA) is 37.4 Å². The van der Waals surface area contributed by atoms with E-state index < -0.39 is 0 Å². The van der Waals surface area contributed by atoms with E-state index in [1.807, 2.05) is 141 Å². The van der Waals surface area contributed by atoms with Crippen molar-refractivity contribution in [1.82, 2.24) is 0 Å². The first-order valence-electron chi connectivity index (χ1n) is 11.8. The Bertz CT molecular complexity index is 1320. The number of rotatable bonds is 7. The van der Waals surface area contributed by atoms with E-state index in [4.69, 9.17) is 0 Å². The molecule has 0 atom stereocenters. The lowest BCUT2D eigenvalue weighted by Crippen LogP contribution is -2.07. The van der Waals surface area contributed by atoms with Gasteiger partial charge in [0.1, 0.15) is 0 Å². The monoisotopic (exact) mass is 473 g/mol. The lowest BCUT2D eigenvalue weighted by atomic mass is 10.1. The van der Waals surface area contributed by atoms with Crippen molar-refractivity contribution in [2.45, 2.75) is 6.92 Å². The molecule has 0 aliphatic heterocycles. The van der Waals surface area contributed by atoms with Gasteiger partial charge in [-0.1, -0.05) is 115 Å². The maximum atomic E-state index is 11.9. The van der Waals surface area contributed by atoms with Crippen molar-refractivity contribution in [2.75, 3.05) is 19.0 Å². The molecule has 0 aliphatic carbocycles. The number of hydrogen-bond donors (Lipinski definition) is 0. The van der Waals surface area contributed by atoms with Crippen molar-refractivity contribution in [1.29, 1.82) is 0 Å². The summed E-state index contributed by atoms with van der Waals surface area (Å²) in [4.78, 5) is 25.8. The molecule has 0 aliphatic rings. The van der Waals surface area contributed by atoms with E-state index in [0.29, 0.717) is 5.56 Å². The van der Waals surface area contributed by atoms with Crippen LogP contribution >= 0.6 is 0 Å². The molecule has 0 heterocycles. The zero-order chi connectivity index (χ0) is 25.8. The molecule has 4 aromatic rings. The number of nitrogens with zero attached hydrogens (tertiary/aromatic N) is 1. The van der Waals surface area contributed by atoms with Gasteiger partial charge in [0, 0.05) is 30.9 Å². The quantitative estimate of drug-likeness (QED) is 0.205. The molecule has 0 N–H and O–H groups in total. The molecule has 0 fully saturated rings. The minimum Gasteiger partial charge on any atom is -0.378 e. The Morgan fingerprint density at radius 3 is 1.56 bits per heavy atom. The molecule has 0 amide bonds. The summed E-state index contributed by atoms with van der Waals surface area (Å²) in [7, 11) is 4.01. The Morgan fingerprint density at radius 2 is 1.08 bits per heavy atom. The van der Waals surface area contributed by atoms with Crippen LogP contribution in [0.15, 0.2) is 121 Å². The minimum absolute atomic E-state index is 0.0253. The van der Waals surface area contributed by atoms with Crippen LogP contribution in [0.3, 0.4) is 0 Å². The summed E-state index contributed by atoms with van der Waals surface area (Å²) >= 11 is 0. The highest BCUT2D eigenvalue weighted by Gasteiger charge is 2.00. The third-order valence-electron chi connectivity index (χ3n) is 5.42. The molecule has 0 radical (unpaired) electrons. The second-order valence-corrected chi connectivity index (χ2v) is 8.53. The van der Waals surface area contributed by atoms with Crippen LogP contribution in [0, 0.1) is 6.92 Å². The van der Waals surface area contributed by atoms with E-state index in [0.717, 1.165) is 22.4 Å². The third-order valence-corrected chi connectivity index (χ3v) is 5.42. The zero-order valence-electron chi connectivity index (χ0n) is 21.0. The fourth-order valence-corrected chi connectivity index (χ4v) is 3.40. The Morgan fingerprint density at radius 1 is 0.583 bits per heavy atom. The third kappa shape index (κ3) is 8.37. The molecule has 3 nitrogen and oxygen atoms in total. The van der Waals surface area contributed by atoms with Crippen LogP contribution in [0.1, 0.15) is 37.4 Å². The van der Waals surface area contributed by atoms with Crippen LogP contribution < -0.4 is 4.90 Å². The van der Waals surface area contributed by atoms with Crippen molar-refractivity contribution in [3.8, 4) is 0 Å². The predicted octanol–water partition coefficient (Wildman–Crippen LogP) is 7.54. The van der Waals surface area contributed by atoms with Gasteiger partial charge in [-0.05, 0) is 42.3 Å². The summed E-state index contributed by atoms with van der Waals surface area (Å²) in [5.74, 6) is 0.0596. The maximum Gasteiger partial charge on any atom is 0.185 e. The van der Waals surface area contributed by atoms with Gasteiger partial charge in [-0.3, -0.25) is 9.59 Å². The van der Waals surface area contributed by atoms with Crippen molar-refractivity contribution < 1.29 is 9.59 Å². The summed E-state index contributed by atoms with van der Waals surface area (Å²) in [6.07, 6.45) is 6.92. The summed E-state index contributed by atoms with van der Waals surface area (Å²) in [6.45, 7) is 2.04. The maximum absolute atomic E-state index is 11.9. The predicted molar refractivity (Wildman–Crippen MR) is 152 cm³/mol. The van der Waals surface area contributed by atoms with Crippen molar-refractivity contribution in [3.63, 3.8) is 0 Å². The van der Waals surface area contributed by atoms with Gasteiger partial charge in [-0.2, -0.15) is 0 Å². The second kappa shape index (κ2) is 13.4. The molecule has 180 valence electrons. The molecular formula is C33H31NO2. The number of carbonyl (C=O) groups excluding carboxylic acids is 2. The molecule has 0 aromatic heterocycles. The van der Waals surface area contributed by atoms with E-state index in [1.165, 1.54) is 5.56 Å². The fraction of sp³-hybridized carbons (Fsp3) is 0.0909. The first kappa shape index (κ1) is 26.1. The highest BCUT2D eigenvalue weighted by atomic mass is 16.1. The first-order valence-corrected chi connectivity index (χ1v) is 11.8. The fourth-order valence-electron chi connectivity index (χ4n) is 3.40. The lowest BCUT2D eigenvalue weighted by molar-refractivity contribution is 0.103. The van der Waals surface area contributed by atoms with Gasteiger partial charge in [0.2, 0.25) is 0 Å². The summed E-state index contributed by atoms with van der Waals surface area (Å²) in [6, 6.07) is 34.7. The Kier molecular flexibility index (Phi) is 9.72. The van der Waals surface area contributed by atoms with E-state index in [-0.39, 0.29) is 11.6 Å². The zero-order valence-corrected chi connectivity index (χ0v) is 21.0. The Labute approximate surface area is 214 Å². The Hall–Kier alpha value is -4.50. The molecule has 4 rings (SSSR count). The number of anilines is 1. The number of hydrogen-bond acceptors (Lipinski definition) is 3. The van der Waals surface area contributed by atoms with Gasteiger partial charge < -0.3 is 4.90 Å². The molecule has 3 heteroatoms. The number of allylic oxidation sites excluding steroid dienone is 2. The van der Waals surface area contributed by atoms with Gasteiger partial charge >= 0.3 is 0 Å². The highest BCUT2D eigenvalue weighted by Crippen LogP contribution is 2.14. The smallest absolute Gasteiger partial charge is 0.185 e. The van der Waals surface area contributed by atoms with Crippen molar-refractivity contribution in [3.05, 3.63) is 149 Å². The van der Waals surface area contributed by atoms with Gasteiger partial charge in [-0.25, -0.2) is 0 Å². The average molecular weight is 474 g/mol. The Balaban J connectivity index is 0.000000202. The summed E-state index contributed by atoms with van der Waals surface area (Å²) in [5.41, 5.74) is 5.84. The van der Waals surface area contributed by atoms with Crippen LogP contribution in [0.5, 0.6) is 0 Å². The lowest BCUT2D eigenvalue weighted by Gasteiger charge is -2.11.